The van der Waals surface area contributed by atoms with E-state index in [0.717, 1.165) is 17.1 Å². The maximum absolute atomic E-state index is 14.0. The Kier molecular flexibility index (Phi) is 4.91. The van der Waals surface area contributed by atoms with Gasteiger partial charge in [-0.15, -0.1) is 0 Å². The van der Waals surface area contributed by atoms with Crippen molar-refractivity contribution < 1.29 is 18.4 Å². The van der Waals surface area contributed by atoms with Crippen molar-refractivity contribution in [2.24, 2.45) is 0 Å². The van der Waals surface area contributed by atoms with Gasteiger partial charge in [-0.05, 0) is 55.0 Å². The lowest BCUT2D eigenvalue weighted by Gasteiger charge is -2.33. The number of allylic oxidation sites excluding steroid dienone is 1. The molecule has 1 aliphatic heterocycles. The SMILES string of the molecule is O=C1C[C@H](c2ccco2)CC2=C1[C@H](c1ccco1)N(C(=O)c1ccccc1)c1ccccc1N2. The van der Waals surface area contributed by atoms with Gasteiger partial charge in [-0.1, -0.05) is 30.3 Å². The Morgan fingerprint density at radius 3 is 2.26 bits per heavy atom. The van der Waals surface area contributed by atoms with Gasteiger partial charge in [0.1, 0.15) is 17.6 Å². The minimum atomic E-state index is -0.695. The molecule has 0 spiro atoms. The lowest BCUT2D eigenvalue weighted by atomic mass is 9.81. The zero-order valence-corrected chi connectivity index (χ0v) is 18.3. The summed E-state index contributed by atoms with van der Waals surface area (Å²) in [5.41, 5.74) is 3.33. The number of nitrogens with one attached hydrogen (secondary N) is 1. The van der Waals surface area contributed by atoms with Crippen molar-refractivity contribution in [3.8, 4) is 0 Å². The highest BCUT2D eigenvalue weighted by Gasteiger charge is 2.43. The number of furan rings is 2. The van der Waals surface area contributed by atoms with Gasteiger partial charge in [-0.3, -0.25) is 14.5 Å². The summed E-state index contributed by atoms with van der Waals surface area (Å²) in [7, 11) is 0. The van der Waals surface area contributed by atoms with E-state index in [9.17, 15) is 9.59 Å². The van der Waals surface area contributed by atoms with E-state index in [4.69, 9.17) is 8.83 Å². The largest absolute Gasteiger partial charge is 0.469 e. The van der Waals surface area contributed by atoms with Crippen molar-refractivity contribution in [1.29, 1.82) is 0 Å². The van der Waals surface area contributed by atoms with Gasteiger partial charge in [0.25, 0.3) is 5.91 Å². The number of hydrogen-bond acceptors (Lipinski definition) is 5. The average molecular weight is 450 g/mol. The summed E-state index contributed by atoms with van der Waals surface area (Å²) in [6.45, 7) is 0. The summed E-state index contributed by atoms with van der Waals surface area (Å²) >= 11 is 0. The Morgan fingerprint density at radius 1 is 0.824 bits per heavy atom. The van der Waals surface area contributed by atoms with Gasteiger partial charge in [0.2, 0.25) is 0 Å². The number of carbonyl (C=O) groups is 2. The molecule has 1 N–H and O–H groups in total. The van der Waals surface area contributed by atoms with Crippen LogP contribution in [-0.4, -0.2) is 11.7 Å². The van der Waals surface area contributed by atoms with Gasteiger partial charge < -0.3 is 14.2 Å². The van der Waals surface area contributed by atoms with E-state index in [0.29, 0.717) is 35.4 Å². The van der Waals surface area contributed by atoms with Crippen LogP contribution in [0.1, 0.15) is 46.7 Å². The fourth-order valence-electron chi connectivity index (χ4n) is 4.97. The van der Waals surface area contributed by atoms with Crippen molar-refractivity contribution in [2.45, 2.75) is 24.8 Å². The van der Waals surface area contributed by atoms with Crippen molar-refractivity contribution >= 4 is 23.1 Å². The van der Waals surface area contributed by atoms with Gasteiger partial charge in [-0.25, -0.2) is 0 Å². The zero-order valence-electron chi connectivity index (χ0n) is 18.3. The molecule has 6 heteroatoms. The standard InChI is InChI=1S/C28H22N2O4/c31-23-17-19(24-12-6-14-33-24)16-21-26(23)27(25-13-7-15-34-25)30(22-11-5-4-10-20(22)29-21)28(32)18-8-2-1-3-9-18/h1-15,19,27,29H,16-17H2/t19-,27+/m1/s1. The third-order valence-corrected chi connectivity index (χ3v) is 6.49. The van der Waals surface area contributed by atoms with E-state index in [1.807, 2.05) is 60.7 Å². The molecule has 3 heterocycles. The first-order valence-corrected chi connectivity index (χ1v) is 11.3. The van der Waals surface area contributed by atoms with Crippen LogP contribution in [0.4, 0.5) is 11.4 Å². The van der Waals surface area contributed by atoms with E-state index in [1.54, 1.807) is 35.6 Å². The van der Waals surface area contributed by atoms with Gasteiger partial charge in [0.05, 0.1) is 23.9 Å². The molecule has 0 fully saturated rings. The Hall–Kier alpha value is -4.32. The topological polar surface area (TPSA) is 75.7 Å². The summed E-state index contributed by atoms with van der Waals surface area (Å²) < 4.78 is 11.5. The summed E-state index contributed by atoms with van der Waals surface area (Å²) in [6, 6.07) is 23.4. The molecule has 2 atom stereocenters. The third kappa shape index (κ3) is 3.35. The number of para-hydroxylation sites is 2. The number of Topliss-reactive ketones (excluding diaryl/α,β-unsaturated/α-hetero) is 1. The van der Waals surface area contributed by atoms with E-state index in [-0.39, 0.29) is 17.6 Å². The second-order valence-electron chi connectivity index (χ2n) is 8.54. The molecule has 2 aliphatic rings. The maximum Gasteiger partial charge on any atom is 0.259 e. The molecule has 1 aliphatic carbocycles. The molecule has 6 nitrogen and oxygen atoms in total. The van der Waals surface area contributed by atoms with Crippen molar-refractivity contribution in [2.75, 3.05) is 10.2 Å². The first-order chi connectivity index (χ1) is 16.7. The van der Waals surface area contributed by atoms with Crippen LogP contribution in [0.2, 0.25) is 0 Å². The molecule has 1 amide bonds. The fourth-order valence-corrected chi connectivity index (χ4v) is 4.97. The highest BCUT2D eigenvalue weighted by molar-refractivity contribution is 6.11. The summed E-state index contributed by atoms with van der Waals surface area (Å²) in [6.07, 6.45) is 4.10. The molecule has 0 saturated heterocycles. The molecule has 34 heavy (non-hydrogen) atoms. The molecule has 2 aromatic carbocycles. The smallest absolute Gasteiger partial charge is 0.259 e. The molecular weight excluding hydrogens is 428 g/mol. The van der Waals surface area contributed by atoms with Crippen LogP contribution in [0.25, 0.3) is 0 Å². The van der Waals surface area contributed by atoms with Crippen LogP contribution < -0.4 is 10.2 Å². The van der Waals surface area contributed by atoms with E-state index in [2.05, 4.69) is 5.32 Å². The first-order valence-electron chi connectivity index (χ1n) is 11.3. The molecule has 6 rings (SSSR count). The highest BCUT2D eigenvalue weighted by Crippen LogP contribution is 2.47. The third-order valence-electron chi connectivity index (χ3n) is 6.49. The molecule has 2 aromatic heterocycles. The van der Waals surface area contributed by atoms with Crippen LogP contribution in [-0.2, 0) is 4.79 Å². The predicted octanol–water partition coefficient (Wildman–Crippen LogP) is 6.09. The Labute approximate surface area is 196 Å². The number of anilines is 2. The van der Waals surface area contributed by atoms with Gasteiger partial charge >= 0.3 is 0 Å². The molecule has 0 bridgehead atoms. The number of fused-ring (bicyclic) bond motifs is 1. The Balaban J connectivity index is 1.56. The number of hydrogen-bond donors (Lipinski definition) is 1. The van der Waals surface area contributed by atoms with E-state index >= 15 is 0 Å². The molecule has 168 valence electrons. The predicted molar refractivity (Wildman–Crippen MR) is 127 cm³/mol. The number of amides is 1. The van der Waals surface area contributed by atoms with Crippen LogP contribution in [0.3, 0.4) is 0 Å². The number of nitrogens with zero attached hydrogens (tertiary/aromatic N) is 1. The molecule has 0 radical (unpaired) electrons. The Morgan fingerprint density at radius 2 is 1.53 bits per heavy atom. The van der Waals surface area contributed by atoms with Crippen molar-refractivity contribution in [1.82, 2.24) is 0 Å². The van der Waals surface area contributed by atoms with Crippen LogP contribution in [0.5, 0.6) is 0 Å². The highest BCUT2D eigenvalue weighted by atomic mass is 16.3. The van der Waals surface area contributed by atoms with Crippen LogP contribution in [0.15, 0.2) is 111 Å². The van der Waals surface area contributed by atoms with Crippen molar-refractivity contribution in [3.63, 3.8) is 0 Å². The maximum atomic E-state index is 14.0. The monoisotopic (exact) mass is 450 g/mol. The zero-order chi connectivity index (χ0) is 23.1. The van der Waals surface area contributed by atoms with Crippen molar-refractivity contribution in [3.05, 3.63) is 120 Å². The van der Waals surface area contributed by atoms with Gasteiger partial charge in [0, 0.05) is 29.2 Å². The normalized spacial score (nSPS) is 19.8. The number of benzene rings is 2. The lowest BCUT2D eigenvalue weighted by molar-refractivity contribution is -0.116. The van der Waals surface area contributed by atoms with Gasteiger partial charge in [-0.2, -0.15) is 0 Å². The molecule has 4 aromatic rings. The van der Waals surface area contributed by atoms with E-state index < -0.39 is 6.04 Å². The van der Waals surface area contributed by atoms with Gasteiger partial charge in [0.15, 0.2) is 5.78 Å². The first kappa shape index (κ1) is 20.3. The summed E-state index contributed by atoms with van der Waals surface area (Å²) in [5.74, 6) is 1.02. The van der Waals surface area contributed by atoms with E-state index in [1.165, 1.54) is 0 Å². The van der Waals surface area contributed by atoms with Crippen LogP contribution >= 0.6 is 0 Å². The summed E-state index contributed by atoms with van der Waals surface area (Å²) in [5, 5.41) is 3.49. The minimum absolute atomic E-state index is 0.0322. The fraction of sp³-hybridized carbons (Fsp3) is 0.143. The summed E-state index contributed by atoms with van der Waals surface area (Å²) in [4.78, 5) is 29.4. The Bertz CT molecular complexity index is 1370. The number of ketones is 1. The number of carbonyl (C=O) groups excluding carboxylic acids is 2. The average Bonchev–Trinajstić information content (AvgIpc) is 3.57. The minimum Gasteiger partial charge on any atom is -0.469 e. The molecule has 0 saturated carbocycles. The number of rotatable bonds is 3. The quantitative estimate of drug-likeness (QED) is 0.409. The second-order valence-corrected chi connectivity index (χ2v) is 8.54. The lowest BCUT2D eigenvalue weighted by Crippen LogP contribution is -2.38. The van der Waals surface area contributed by atoms with Crippen LogP contribution in [0, 0.1) is 0 Å². The second kappa shape index (κ2) is 8.23. The molecule has 0 unspecified atom stereocenters. The molecular formula is C28H22N2O4.